The van der Waals surface area contributed by atoms with Gasteiger partial charge in [-0.25, -0.2) is 15.0 Å². The summed E-state index contributed by atoms with van der Waals surface area (Å²) >= 11 is 4.48. The van der Waals surface area contributed by atoms with Gasteiger partial charge in [0.1, 0.15) is 11.8 Å². The minimum atomic E-state index is 0.0789. The zero-order valence-electron chi connectivity index (χ0n) is 9.48. The van der Waals surface area contributed by atoms with E-state index in [-0.39, 0.29) is 5.54 Å². The molecule has 0 atom stereocenters. The molecule has 90 valence electrons. The number of H-pyrrole nitrogens is 1. The molecular formula is C11H15N5S. The minimum absolute atomic E-state index is 0.0789. The summed E-state index contributed by atoms with van der Waals surface area (Å²) in [5.74, 6) is 1.66. The van der Waals surface area contributed by atoms with Crippen molar-refractivity contribution in [2.75, 3.05) is 11.1 Å². The summed E-state index contributed by atoms with van der Waals surface area (Å²) in [6, 6.07) is 0. The molecular weight excluding hydrogens is 234 g/mol. The fraction of sp³-hybridized carbons (Fsp3) is 0.545. The topological polar surface area (TPSA) is 66.5 Å². The van der Waals surface area contributed by atoms with E-state index in [0.717, 1.165) is 29.9 Å². The van der Waals surface area contributed by atoms with Crippen molar-refractivity contribution >= 4 is 29.6 Å². The molecule has 17 heavy (non-hydrogen) atoms. The summed E-state index contributed by atoms with van der Waals surface area (Å²) < 4.78 is 0. The Kier molecular flexibility index (Phi) is 2.66. The van der Waals surface area contributed by atoms with Crippen LogP contribution in [0.5, 0.6) is 0 Å². The van der Waals surface area contributed by atoms with Crippen LogP contribution in [0.25, 0.3) is 11.2 Å². The summed E-state index contributed by atoms with van der Waals surface area (Å²) in [6.45, 7) is 0. The quantitative estimate of drug-likeness (QED) is 0.728. The monoisotopic (exact) mass is 249 g/mol. The lowest BCUT2D eigenvalue weighted by Gasteiger charge is -2.29. The maximum absolute atomic E-state index is 4.48. The number of nitrogens with one attached hydrogen (secondary N) is 2. The van der Waals surface area contributed by atoms with E-state index in [1.165, 1.54) is 12.8 Å². The number of imidazole rings is 1. The fourth-order valence-corrected chi connectivity index (χ4v) is 2.88. The van der Waals surface area contributed by atoms with Gasteiger partial charge in [0.05, 0.1) is 6.33 Å². The Balaban J connectivity index is 1.96. The van der Waals surface area contributed by atoms with E-state index >= 15 is 0 Å². The Hall–Kier alpha value is -1.30. The standard InChI is InChI=1S/C11H15N5S/c17-5-11(3-1-2-4-11)16-10-8-9(13-6-12-8)14-7-15-10/h6-7,17H,1-5H2,(H2,12,13,14,15,16). The molecule has 0 aromatic carbocycles. The molecule has 0 amide bonds. The first-order chi connectivity index (χ1) is 8.33. The van der Waals surface area contributed by atoms with E-state index in [2.05, 4.69) is 37.9 Å². The van der Waals surface area contributed by atoms with Crippen LogP contribution in [0.4, 0.5) is 5.82 Å². The van der Waals surface area contributed by atoms with Crippen molar-refractivity contribution in [1.29, 1.82) is 0 Å². The normalized spacial score (nSPS) is 18.6. The average molecular weight is 249 g/mol. The first-order valence-corrected chi connectivity index (χ1v) is 6.49. The van der Waals surface area contributed by atoms with Gasteiger partial charge in [0.2, 0.25) is 0 Å². The van der Waals surface area contributed by atoms with Crippen LogP contribution in [-0.2, 0) is 0 Å². The summed E-state index contributed by atoms with van der Waals surface area (Å²) in [5, 5.41) is 3.53. The number of hydrogen-bond donors (Lipinski definition) is 3. The second-order valence-corrected chi connectivity index (χ2v) is 4.91. The Morgan fingerprint density at radius 2 is 2.12 bits per heavy atom. The zero-order valence-corrected chi connectivity index (χ0v) is 10.4. The van der Waals surface area contributed by atoms with Gasteiger partial charge in [0.15, 0.2) is 11.5 Å². The van der Waals surface area contributed by atoms with E-state index in [9.17, 15) is 0 Å². The van der Waals surface area contributed by atoms with Gasteiger partial charge in [0, 0.05) is 11.3 Å². The first-order valence-electron chi connectivity index (χ1n) is 5.86. The molecule has 1 aliphatic carbocycles. The molecule has 0 bridgehead atoms. The van der Waals surface area contributed by atoms with Crippen molar-refractivity contribution in [3.8, 4) is 0 Å². The Labute approximate surface area is 105 Å². The van der Waals surface area contributed by atoms with Crippen LogP contribution in [0, 0.1) is 0 Å². The smallest absolute Gasteiger partial charge is 0.182 e. The van der Waals surface area contributed by atoms with Gasteiger partial charge in [0.25, 0.3) is 0 Å². The van der Waals surface area contributed by atoms with Crippen molar-refractivity contribution in [1.82, 2.24) is 19.9 Å². The maximum Gasteiger partial charge on any atom is 0.182 e. The largest absolute Gasteiger partial charge is 0.362 e. The highest BCUT2D eigenvalue weighted by molar-refractivity contribution is 7.80. The van der Waals surface area contributed by atoms with Crippen molar-refractivity contribution < 1.29 is 0 Å². The predicted molar refractivity (Wildman–Crippen MR) is 70.4 cm³/mol. The van der Waals surface area contributed by atoms with Gasteiger partial charge < -0.3 is 10.3 Å². The Morgan fingerprint density at radius 1 is 1.29 bits per heavy atom. The van der Waals surface area contributed by atoms with Crippen LogP contribution in [0.1, 0.15) is 25.7 Å². The lowest BCUT2D eigenvalue weighted by molar-refractivity contribution is 0.543. The molecule has 0 unspecified atom stereocenters. The number of rotatable bonds is 3. The molecule has 0 aliphatic heterocycles. The first kappa shape index (κ1) is 10.8. The zero-order chi connectivity index (χ0) is 11.7. The highest BCUT2D eigenvalue weighted by atomic mass is 32.1. The molecule has 2 heterocycles. The summed E-state index contributed by atoms with van der Waals surface area (Å²) in [7, 11) is 0. The van der Waals surface area contributed by atoms with Gasteiger partial charge in [-0.15, -0.1) is 0 Å². The number of aromatic amines is 1. The van der Waals surface area contributed by atoms with Gasteiger partial charge >= 0.3 is 0 Å². The Morgan fingerprint density at radius 3 is 2.88 bits per heavy atom. The SMILES string of the molecule is SCC1(Nc2ncnc3nc[nH]c23)CCCC1. The summed E-state index contributed by atoms with van der Waals surface area (Å²) in [4.78, 5) is 15.6. The van der Waals surface area contributed by atoms with Crippen LogP contribution in [-0.4, -0.2) is 31.2 Å². The molecule has 0 saturated heterocycles. The molecule has 6 heteroatoms. The molecule has 1 saturated carbocycles. The van der Waals surface area contributed by atoms with Gasteiger partial charge in [-0.1, -0.05) is 12.8 Å². The second kappa shape index (κ2) is 4.18. The van der Waals surface area contributed by atoms with E-state index in [1.807, 2.05) is 0 Å². The lowest BCUT2D eigenvalue weighted by Crippen LogP contribution is -2.37. The lowest BCUT2D eigenvalue weighted by atomic mass is 10.0. The number of fused-ring (bicyclic) bond motifs is 1. The fourth-order valence-electron chi connectivity index (χ4n) is 2.49. The molecule has 2 aromatic heterocycles. The minimum Gasteiger partial charge on any atom is -0.362 e. The number of anilines is 1. The van der Waals surface area contributed by atoms with Crippen LogP contribution >= 0.6 is 12.6 Å². The number of nitrogens with zero attached hydrogens (tertiary/aromatic N) is 3. The van der Waals surface area contributed by atoms with Crippen molar-refractivity contribution in [2.45, 2.75) is 31.2 Å². The van der Waals surface area contributed by atoms with Gasteiger partial charge in [-0.05, 0) is 12.8 Å². The summed E-state index contributed by atoms with van der Waals surface area (Å²) in [5.41, 5.74) is 1.66. The molecule has 3 rings (SSSR count). The second-order valence-electron chi connectivity index (χ2n) is 4.59. The van der Waals surface area contributed by atoms with Crippen molar-refractivity contribution in [2.24, 2.45) is 0 Å². The van der Waals surface area contributed by atoms with Crippen LogP contribution in [0.15, 0.2) is 12.7 Å². The average Bonchev–Trinajstić information content (AvgIpc) is 2.98. The molecule has 2 aromatic rings. The highest BCUT2D eigenvalue weighted by Gasteiger charge is 2.33. The van der Waals surface area contributed by atoms with Crippen molar-refractivity contribution in [3.63, 3.8) is 0 Å². The van der Waals surface area contributed by atoms with E-state index in [4.69, 9.17) is 0 Å². The Bertz CT molecular complexity index is 517. The van der Waals surface area contributed by atoms with Crippen LogP contribution in [0.3, 0.4) is 0 Å². The maximum atomic E-state index is 4.48. The molecule has 0 spiro atoms. The number of hydrogen-bond acceptors (Lipinski definition) is 5. The van der Waals surface area contributed by atoms with Crippen LogP contribution < -0.4 is 5.32 Å². The third-order valence-corrected chi connectivity index (χ3v) is 4.08. The van der Waals surface area contributed by atoms with Crippen LogP contribution in [0.2, 0.25) is 0 Å². The number of aromatic nitrogens is 4. The van der Waals surface area contributed by atoms with E-state index in [0.29, 0.717) is 5.65 Å². The predicted octanol–water partition coefficient (Wildman–Crippen LogP) is 2.01. The van der Waals surface area contributed by atoms with Gasteiger partial charge in [-0.2, -0.15) is 12.6 Å². The third kappa shape index (κ3) is 1.86. The van der Waals surface area contributed by atoms with Gasteiger partial charge in [-0.3, -0.25) is 0 Å². The molecule has 1 aliphatic rings. The number of thiol groups is 1. The molecule has 2 N–H and O–H groups in total. The molecule has 1 fully saturated rings. The highest BCUT2D eigenvalue weighted by Crippen LogP contribution is 2.34. The third-order valence-electron chi connectivity index (χ3n) is 3.47. The molecule has 0 radical (unpaired) electrons. The molecule has 5 nitrogen and oxygen atoms in total. The van der Waals surface area contributed by atoms with E-state index < -0.39 is 0 Å². The van der Waals surface area contributed by atoms with E-state index in [1.54, 1.807) is 12.7 Å². The summed E-state index contributed by atoms with van der Waals surface area (Å²) in [6.07, 6.45) is 8.00. The van der Waals surface area contributed by atoms with Crippen molar-refractivity contribution in [3.05, 3.63) is 12.7 Å².